The van der Waals surface area contributed by atoms with Crippen LogP contribution in [0.2, 0.25) is 0 Å². The Balaban J connectivity index is 1.68. The molecule has 1 atom stereocenters. The van der Waals surface area contributed by atoms with Crippen LogP contribution in [0.5, 0.6) is 0 Å². The molecule has 1 aliphatic rings. The van der Waals surface area contributed by atoms with Gasteiger partial charge in [0.25, 0.3) is 10.0 Å². The summed E-state index contributed by atoms with van der Waals surface area (Å²) in [5.41, 5.74) is 4.09. The van der Waals surface area contributed by atoms with E-state index in [0.29, 0.717) is 11.4 Å². The second-order valence-electron chi connectivity index (χ2n) is 7.00. The number of hydrogen-bond acceptors (Lipinski definition) is 6. The van der Waals surface area contributed by atoms with Gasteiger partial charge in [0.2, 0.25) is 5.91 Å². The zero-order chi connectivity index (χ0) is 20.6. The van der Waals surface area contributed by atoms with Crippen LogP contribution >= 0.6 is 11.3 Å². The minimum Gasteiger partial charge on any atom is -0.348 e. The Morgan fingerprint density at radius 1 is 1.34 bits per heavy atom. The van der Waals surface area contributed by atoms with Gasteiger partial charge in [-0.1, -0.05) is 23.5 Å². The van der Waals surface area contributed by atoms with E-state index in [-0.39, 0.29) is 21.2 Å². The number of nitrogens with zero attached hydrogens (tertiary/aromatic N) is 2. The predicted octanol–water partition coefficient (Wildman–Crippen LogP) is 3.40. The van der Waals surface area contributed by atoms with Crippen LogP contribution in [0.15, 0.2) is 34.9 Å². The van der Waals surface area contributed by atoms with Crippen molar-refractivity contribution in [2.24, 2.45) is 0 Å². The monoisotopic (exact) mass is 431 g/mol. The van der Waals surface area contributed by atoms with E-state index in [1.165, 1.54) is 6.92 Å². The summed E-state index contributed by atoms with van der Waals surface area (Å²) in [7, 11) is -3.83. The van der Waals surface area contributed by atoms with Gasteiger partial charge in [0.05, 0.1) is 17.7 Å². The highest BCUT2D eigenvalue weighted by molar-refractivity contribution is 7.94. The molecule has 2 heterocycles. The maximum absolute atomic E-state index is 13.0. The van der Waals surface area contributed by atoms with Crippen molar-refractivity contribution in [3.05, 3.63) is 53.2 Å². The Bertz CT molecular complexity index is 1150. The number of carbonyl (C=O) groups excluding carboxylic acids is 1. The van der Waals surface area contributed by atoms with E-state index < -0.39 is 10.0 Å². The molecule has 3 aromatic rings. The van der Waals surface area contributed by atoms with Gasteiger partial charge >= 0.3 is 0 Å². The molecular weight excluding hydrogens is 410 g/mol. The summed E-state index contributed by atoms with van der Waals surface area (Å²) in [6.07, 6.45) is 6.23. The number of thiazole rings is 1. The maximum atomic E-state index is 13.0. The molecule has 1 unspecified atom stereocenters. The number of aromatic amines is 1. The third-order valence-electron chi connectivity index (χ3n) is 4.93. The van der Waals surface area contributed by atoms with Crippen molar-refractivity contribution in [2.45, 2.75) is 43.2 Å². The summed E-state index contributed by atoms with van der Waals surface area (Å²) in [6.45, 7) is 2.97. The average Bonchev–Trinajstić information content (AvgIpc) is 3.31. The topological polar surface area (TPSA) is 117 Å². The Morgan fingerprint density at radius 2 is 2.17 bits per heavy atom. The number of sulfonamides is 1. The van der Waals surface area contributed by atoms with Gasteiger partial charge in [-0.25, -0.2) is 18.4 Å². The zero-order valence-electron chi connectivity index (χ0n) is 16.0. The van der Waals surface area contributed by atoms with E-state index in [1.54, 1.807) is 19.3 Å². The molecule has 0 bridgehead atoms. The van der Waals surface area contributed by atoms with Crippen LogP contribution < -0.4 is 10.0 Å². The molecule has 0 saturated carbocycles. The standard InChI is InChI=1S/C19H21N5O3S2/c1-11-18(28-19(22-11)23-12(2)25)29(26,27)24-16-8-4-5-13-14(16)6-3-7-15(13)17-9-20-10-21-17/h4-5,8-10,15,24H,3,6-7H2,1-2H3,(H,20,21)(H,22,23,25). The summed E-state index contributed by atoms with van der Waals surface area (Å²) in [4.78, 5) is 22.7. The molecule has 0 radical (unpaired) electrons. The number of imidazole rings is 1. The lowest BCUT2D eigenvalue weighted by atomic mass is 9.80. The smallest absolute Gasteiger partial charge is 0.273 e. The normalized spacial score (nSPS) is 16.3. The molecule has 1 aromatic carbocycles. The van der Waals surface area contributed by atoms with Crippen LogP contribution in [0.3, 0.4) is 0 Å². The first kappa shape index (κ1) is 19.6. The number of aryl methyl sites for hydroxylation is 1. The zero-order valence-corrected chi connectivity index (χ0v) is 17.7. The lowest BCUT2D eigenvalue weighted by molar-refractivity contribution is -0.114. The van der Waals surface area contributed by atoms with Crippen LogP contribution in [0.4, 0.5) is 10.8 Å². The van der Waals surface area contributed by atoms with Crippen LogP contribution in [0.1, 0.15) is 48.2 Å². The first-order valence-electron chi connectivity index (χ1n) is 9.23. The van der Waals surface area contributed by atoms with E-state index in [1.807, 2.05) is 18.3 Å². The van der Waals surface area contributed by atoms with Crippen molar-refractivity contribution in [3.8, 4) is 0 Å². The van der Waals surface area contributed by atoms with Gasteiger partial charge in [-0.15, -0.1) is 0 Å². The molecule has 3 N–H and O–H groups in total. The van der Waals surface area contributed by atoms with E-state index in [4.69, 9.17) is 0 Å². The lowest BCUT2D eigenvalue weighted by Gasteiger charge is -2.26. The first-order chi connectivity index (χ1) is 13.8. The van der Waals surface area contributed by atoms with Gasteiger partial charge in [0.1, 0.15) is 0 Å². The van der Waals surface area contributed by atoms with E-state index in [9.17, 15) is 13.2 Å². The Kier molecular flexibility index (Phi) is 5.13. The largest absolute Gasteiger partial charge is 0.348 e. The van der Waals surface area contributed by atoms with Crippen LogP contribution in [0, 0.1) is 6.92 Å². The molecule has 1 aliphatic carbocycles. The Labute approximate surface area is 172 Å². The number of carbonyl (C=O) groups is 1. The Hall–Kier alpha value is -2.72. The molecule has 0 spiro atoms. The van der Waals surface area contributed by atoms with E-state index >= 15 is 0 Å². The maximum Gasteiger partial charge on any atom is 0.273 e. The molecule has 4 rings (SSSR count). The number of H-pyrrole nitrogens is 1. The molecule has 0 saturated heterocycles. The highest BCUT2D eigenvalue weighted by atomic mass is 32.2. The van der Waals surface area contributed by atoms with Crippen molar-refractivity contribution < 1.29 is 13.2 Å². The third kappa shape index (κ3) is 3.90. The summed E-state index contributed by atoms with van der Waals surface area (Å²) in [5, 5.41) is 2.81. The highest BCUT2D eigenvalue weighted by Crippen LogP contribution is 2.39. The fourth-order valence-electron chi connectivity index (χ4n) is 3.75. The summed E-state index contributed by atoms with van der Waals surface area (Å²) >= 11 is 0.943. The average molecular weight is 432 g/mol. The summed E-state index contributed by atoms with van der Waals surface area (Å²) in [5.74, 6) is -0.125. The summed E-state index contributed by atoms with van der Waals surface area (Å²) < 4.78 is 28.9. The number of rotatable bonds is 5. The van der Waals surface area contributed by atoms with Gasteiger partial charge in [-0.2, -0.15) is 0 Å². The molecule has 0 fully saturated rings. The van der Waals surface area contributed by atoms with Gasteiger partial charge in [-0.3, -0.25) is 9.52 Å². The van der Waals surface area contributed by atoms with Crippen molar-refractivity contribution >= 4 is 38.1 Å². The SMILES string of the molecule is CC(=O)Nc1nc(C)c(S(=O)(=O)Nc2cccc3c2CCCC3c2cnc[nH]2)s1. The van der Waals surface area contributed by atoms with Crippen molar-refractivity contribution in [3.63, 3.8) is 0 Å². The molecule has 29 heavy (non-hydrogen) atoms. The fourth-order valence-corrected chi connectivity index (χ4v) is 6.31. The molecule has 8 nitrogen and oxygen atoms in total. The van der Waals surface area contributed by atoms with Crippen molar-refractivity contribution in [2.75, 3.05) is 10.0 Å². The van der Waals surface area contributed by atoms with Crippen LogP contribution in [-0.2, 0) is 21.2 Å². The molecule has 0 aliphatic heterocycles. The van der Waals surface area contributed by atoms with E-state index in [2.05, 4.69) is 25.0 Å². The second kappa shape index (κ2) is 7.60. The van der Waals surface area contributed by atoms with Crippen molar-refractivity contribution in [1.82, 2.24) is 15.0 Å². The number of hydrogen-bond donors (Lipinski definition) is 3. The summed E-state index contributed by atoms with van der Waals surface area (Å²) in [6, 6.07) is 5.70. The second-order valence-corrected chi connectivity index (χ2v) is 9.88. The van der Waals surface area contributed by atoms with Gasteiger partial charge in [0.15, 0.2) is 9.34 Å². The van der Waals surface area contributed by atoms with Crippen molar-refractivity contribution in [1.29, 1.82) is 0 Å². The quantitative estimate of drug-likeness (QED) is 0.572. The van der Waals surface area contributed by atoms with Gasteiger partial charge in [0, 0.05) is 24.7 Å². The first-order valence-corrected chi connectivity index (χ1v) is 11.5. The van der Waals surface area contributed by atoms with E-state index in [0.717, 1.165) is 47.4 Å². The van der Waals surface area contributed by atoms with Crippen LogP contribution in [-0.4, -0.2) is 29.3 Å². The molecule has 152 valence electrons. The number of fused-ring (bicyclic) bond motifs is 1. The lowest BCUT2D eigenvalue weighted by Crippen LogP contribution is -2.18. The highest BCUT2D eigenvalue weighted by Gasteiger charge is 2.28. The number of aromatic nitrogens is 3. The fraction of sp³-hybridized carbons (Fsp3) is 0.316. The number of anilines is 2. The van der Waals surface area contributed by atoms with Crippen LogP contribution in [0.25, 0.3) is 0 Å². The number of nitrogens with one attached hydrogen (secondary N) is 3. The minimum atomic E-state index is -3.83. The van der Waals surface area contributed by atoms with Gasteiger partial charge < -0.3 is 10.3 Å². The molecular formula is C19H21N5O3S2. The molecule has 1 amide bonds. The number of amides is 1. The predicted molar refractivity (Wildman–Crippen MR) is 112 cm³/mol. The van der Waals surface area contributed by atoms with Gasteiger partial charge in [-0.05, 0) is 43.4 Å². The Morgan fingerprint density at radius 3 is 2.90 bits per heavy atom. The third-order valence-corrected chi connectivity index (χ3v) is 7.98. The molecule has 2 aromatic heterocycles. The minimum absolute atomic E-state index is 0.0970. The number of benzene rings is 1. The molecule has 10 heteroatoms.